The Bertz CT molecular complexity index is 449. The molecule has 1 rings (SSSR count). The molecular formula is C14H24N4OS. The van der Waals surface area contributed by atoms with Gasteiger partial charge in [-0.2, -0.15) is 11.8 Å². The molecule has 2 N–H and O–H groups in total. The van der Waals surface area contributed by atoms with E-state index in [4.69, 9.17) is 4.74 Å². The van der Waals surface area contributed by atoms with Crippen molar-refractivity contribution in [3.8, 4) is 5.88 Å². The van der Waals surface area contributed by atoms with Gasteiger partial charge in [-0.25, -0.2) is 4.98 Å². The Morgan fingerprint density at radius 2 is 2.20 bits per heavy atom. The van der Waals surface area contributed by atoms with Crippen LogP contribution in [0.1, 0.15) is 19.4 Å². The zero-order valence-corrected chi connectivity index (χ0v) is 13.7. The second-order valence-electron chi connectivity index (χ2n) is 4.91. The predicted molar refractivity (Wildman–Crippen MR) is 86.6 cm³/mol. The number of pyridine rings is 1. The fraction of sp³-hybridized carbons (Fsp3) is 0.571. The number of aromatic nitrogens is 1. The van der Waals surface area contributed by atoms with Gasteiger partial charge in [-0.15, -0.1) is 0 Å². The van der Waals surface area contributed by atoms with Crippen LogP contribution >= 0.6 is 11.8 Å². The van der Waals surface area contributed by atoms with Crippen molar-refractivity contribution in [2.24, 2.45) is 4.99 Å². The number of hydrogen-bond acceptors (Lipinski definition) is 4. The van der Waals surface area contributed by atoms with Gasteiger partial charge in [0.05, 0.1) is 7.11 Å². The smallest absolute Gasteiger partial charge is 0.218 e. The first-order valence-electron chi connectivity index (χ1n) is 6.50. The van der Waals surface area contributed by atoms with E-state index in [1.165, 1.54) is 0 Å². The minimum Gasteiger partial charge on any atom is -0.481 e. The Balaban J connectivity index is 2.54. The lowest BCUT2D eigenvalue weighted by atomic mass is 10.2. The Hall–Kier alpha value is -1.43. The second-order valence-corrected chi connectivity index (χ2v) is 6.43. The van der Waals surface area contributed by atoms with Crippen molar-refractivity contribution in [1.29, 1.82) is 0 Å². The summed E-state index contributed by atoms with van der Waals surface area (Å²) in [5.41, 5.74) is 1.00. The molecule has 0 saturated heterocycles. The van der Waals surface area contributed by atoms with Crippen LogP contribution in [0, 0.1) is 0 Å². The van der Waals surface area contributed by atoms with E-state index in [2.05, 4.69) is 40.7 Å². The maximum atomic E-state index is 5.23. The van der Waals surface area contributed by atoms with Crippen molar-refractivity contribution in [3.63, 3.8) is 0 Å². The lowest BCUT2D eigenvalue weighted by Crippen LogP contribution is -2.43. The molecule has 5 nitrogen and oxygen atoms in total. The summed E-state index contributed by atoms with van der Waals surface area (Å²) in [5, 5.41) is 6.59. The van der Waals surface area contributed by atoms with E-state index < -0.39 is 0 Å². The third-order valence-electron chi connectivity index (χ3n) is 2.95. The zero-order valence-electron chi connectivity index (χ0n) is 12.9. The van der Waals surface area contributed by atoms with Gasteiger partial charge in [-0.1, -0.05) is 6.07 Å². The second kappa shape index (κ2) is 7.99. The van der Waals surface area contributed by atoms with Gasteiger partial charge in [0.25, 0.3) is 0 Å². The lowest BCUT2D eigenvalue weighted by Gasteiger charge is -2.23. The number of ether oxygens (including phenoxy) is 1. The van der Waals surface area contributed by atoms with Gasteiger partial charge in [0.1, 0.15) is 0 Å². The molecule has 1 heterocycles. The first-order chi connectivity index (χ1) is 9.52. The summed E-state index contributed by atoms with van der Waals surface area (Å²) in [6, 6.07) is 3.88. The molecule has 6 heteroatoms. The largest absolute Gasteiger partial charge is 0.481 e. The molecule has 0 amide bonds. The van der Waals surface area contributed by atoms with Gasteiger partial charge in [0.2, 0.25) is 5.88 Å². The highest BCUT2D eigenvalue weighted by Gasteiger charge is 2.16. The van der Waals surface area contributed by atoms with Gasteiger partial charge in [-0.05, 0) is 26.2 Å². The van der Waals surface area contributed by atoms with Crippen LogP contribution in [0.25, 0.3) is 0 Å². The minimum absolute atomic E-state index is 0.170. The number of aliphatic imine (C=N–C) groups is 1. The van der Waals surface area contributed by atoms with Gasteiger partial charge < -0.3 is 15.4 Å². The van der Waals surface area contributed by atoms with Crippen LogP contribution < -0.4 is 15.4 Å². The summed E-state index contributed by atoms with van der Waals surface area (Å²) in [6.45, 7) is 5.86. The lowest BCUT2D eigenvalue weighted by molar-refractivity contribution is 0.392. The molecule has 0 unspecified atom stereocenters. The molecule has 112 valence electrons. The number of methoxy groups -OCH3 is 1. The summed E-state index contributed by atoms with van der Waals surface area (Å²) < 4.78 is 5.40. The van der Waals surface area contributed by atoms with Gasteiger partial charge >= 0.3 is 0 Å². The molecule has 0 aromatic carbocycles. The van der Waals surface area contributed by atoms with E-state index in [-0.39, 0.29) is 4.75 Å². The van der Waals surface area contributed by atoms with Crippen molar-refractivity contribution in [2.75, 3.05) is 27.0 Å². The highest BCUT2D eigenvalue weighted by molar-refractivity contribution is 7.99. The van der Waals surface area contributed by atoms with Gasteiger partial charge in [-0.3, -0.25) is 4.99 Å². The number of hydrogen-bond donors (Lipinski definition) is 2. The molecule has 1 aromatic rings. The summed E-state index contributed by atoms with van der Waals surface area (Å²) in [6.07, 6.45) is 3.83. The van der Waals surface area contributed by atoms with Crippen molar-refractivity contribution >= 4 is 17.7 Å². The van der Waals surface area contributed by atoms with E-state index in [1.54, 1.807) is 20.4 Å². The van der Waals surface area contributed by atoms with Gasteiger partial charge in [0.15, 0.2) is 5.96 Å². The summed E-state index contributed by atoms with van der Waals surface area (Å²) >= 11 is 1.82. The maximum Gasteiger partial charge on any atom is 0.218 e. The number of nitrogens with zero attached hydrogens (tertiary/aromatic N) is 2. The number of nitrogens with one attached hydrogen (secondary N) is 2. The first kappa shape index (κ1) is 16.6. The fourth-order valence-corrected chi connectivity index (χ4v) is 1.73. The van der Waals surface area contributed by atoms with E-state index in [9.17, 15) is 0 Å². The van der Waals surface area contributed by atoms with Crippen molar-refractivity contribution in [3.05, 3.63) is 23.9 Å². The van der Waals surface area contributed by atoms with E-state index in [0.717, 1.165) is 18.1 Å². The van der Waals surface area contributed by atoms with Crippen LogP contribution in [0.15, 0.2) is 23.3 Å². The zero-order chi connectivity index (χ0) is 15.0. The molecular weight excluding hydrogens is 272 g/mol. The summed E-state index contributed by atoms with van der Waals surface area (Å²) in [7, 11) is 3.39. The van der Waals surface area contributed by atoms with Crippen molar-refractivity contribution in [2.45, 2.75) is 25.1 Å². The average Bonchev–Trinajstić information content (AvgIpc) is 2.47. The Morgan fingerprint density at radius 1 is 1.45 bits per heavy atom. The van der Waals surface area contributed by atoms with Crippen LogP contribution in [0.3, 0.4) is 0 Å². The minimum atomic E-state index is 0.170. The molecule has 0 aliphatic carbocycles. The highest BCUT2D eigenvalue weighted by Crippen LogP contribution is 2.19. The normalized spacial score (nSPS) is 12.2. The Kier molecular flexibility index (Phi) is 6.64. The van der Waals surface area contributed by atoms with Crippen LogP contribution in [-0.2, 0) is 6.54 Å². The van der Waals surface area contributed by atoms with E-state index in [1.807, 2.05) is 23.9 Å². The average molecular weight is 296 g/mol. The van der Waals surface area contributed by atoms with Crippen molar-refractivity contribution < 1.29 is 4.74 Å². The molecule has 20 heavy (non-hydrogen) atoms. The van der Waals surface area contributed by atoms with Crippen molar-refractivity contribution in [1.82, 2.24) is 15.6 Å². The maximum absolute atomic E-state index is 5.23. The first-order valence-corrected chi connectivity index (χ1v) is 7.72. The van der Waals surface area contributed by atoms with Crippen LogP contribution in [0.2, 0.25) is 0 Å². The third kappa shape index (κ3) is 5.28. The van der Waals surface area contributed by atoms with E-state index >= 15 is 0 Å². The molecule has 0 aliphatic rings. The Labute approximate surface area is 125 Å². The quantitative estimate of drug-likeness (QED) is 0.620. The topological polar surface area (TPSA) is 58.5 Å². The molecule has 0 aliphatic heterocycles. The molecule has 0 spiro atoms. The van der Waals surface area contributed by atoms with Crippen LogP contribution in [0.4, 0.5) is 0 Å². The van der Waals surface area contributed by atoms with Crippen LogP contribution in [-0.4, -0.2) is 42.6 Å². The standard InChI is InChI=1S/C14H24N4OS/c1-14(2,20-5)10-18-13(15-3)17-9-11-7-6-8-16-12(11)19-4/h6-8H,9-10H2,1-5H3,(H2,15,17,18). The molecule has 0 radical (unpaired) electrons. The number of guanidine groups is 1. The molecule has 1 aromatic heterocycles. The fourth-order valence-electron chi connectivity index (χ4n) is 1.51. The van der Waals surface area contributed by atoms with Gasteiger partial charge in [0, 0.05) is 36.6 Å². The highest BCUT2D eigenvalue weighted by atomic mass is 32.2. The molecule has 0 saturated carbocycles. The monoisotopic (exact) mass is 296 g/mol. The van der Waals surface area contributed by atoms with E-state index in [0.29, 0.717) is 12.4 Å². The SMILES string of the molecule is CN=C(NCc1cccnc1OC)NCC(C)(C)SC. The number of thioether (sulfide) groups is 1. The molecule has 0 bridgehead atoms. The third-order valence-corrected chi connectivity index (χ3v) is 4.20. The summed E-state index contributed by atoms with van der Waals surface area (Å²) in [4.78, 5) is 8.39. The number of rotatable bonds is 6. The Morgan fingerprint density at radius 3 is 2.80 bits per heavy atom. The molecule has 0 fully saturated rings. The summed E-state index contributed by atoms with van der Waals surface area (Å²) in [5.74, 6) is 1.41. The molecule has 0 atom stereocenters. The predicted octanol–water partition coefficient (Wildman–Crippen LogP) is 1.90. The van der Waals surface area contributed by atoms with Crippen LogP contribution in [0.5, 0.6) is 5.88 Å².